The molecular weight excluding hydrogens is 260 g/mol. The van der Waals surface area contributed by atoms with Crippen LogP contribution in [-0.4, -0.2) is 54.4 Å². The summed E-state index contributed by atoms with van der Waals surface area (Å²) in [5.74, 6) is -0.382. The number of carbonyl (C=O) groups excluding carboxylic acids is 1. The van der Waals surface area contributed by atoms with E-state index in [1.165, 1.54) is 0 Å². The summed E-state index contributed by atoms with van der Waals surface area (Å²) >= 11 is 0. The third-order valence-electron chi connectivity index (χ3n) is 3.99. The van der Waals surface area contributed by atoms with Gasteiger partial charge in [0.25, 0.3) is 0 Å². The van der Waals surface area contributed by atoms with Crippen LogP contribution in [0.1, 0.15) is 33.6 Å². The molecule has 0 aliphatic carbocycles. The van der Waals surface area contributed by atoms with Crippen molar-refractivity contribution in [3.05, 3.63) is 0 Å². The van der Waals surface area contributed by atoms with E-state index in [0.29, 0.717) is 19.0 Å². The smallest absolute Gasteiger partial charge is 0.317 e. The van der Waals surface area contributed by atoms with E-state index in [4.69, 9.17) is 9.84 Å². The van der Waals surface area contributed by atoms with Gasteiger partial charge in [-0.1, -0.05) is 20.8 Å². The highest BCUT2D eigenvalue weighted by atomic mass is 16.5. The van der Waals surface area contributed by atoms with E-state index >= 15 is 0 Å². The van der Waals surface area contributed by atoms with Gasteiger partial charge in [0, 0.05) is 26.2 Å². The van der Waals surface area contributed by atoms with E-state index < -0.39 is 5.97 Å². The molecule has 1 aliphatic rings. The number of rotatable bonds is 5. The van der Waals surface area contributed by atoms with E-state index in [0.717, 1.165) is 6.42 Å². The van der Waals surface area contributed by atoms with E-state index in [9.17, 15) is 9.59 Å². The number of piperidine rings is 1. The standard InChI is InChI=1S/C14H26N2O4/c1-9(2)11(7-13(17)18)15-14(19)16-6-5-10(3)12(8-16)20-4/h9-12H,5-8H2,1-4H3,(H,15,19)(H,17,18). The van der Waals surface area contributed by atoms with E-state index in [-0.39, 0.29) is 30.5 Å². The van der Waals surface area contributed by atoms with Crippen LogP contribution in [0.4, 0.5) is 4.79 Å². The summed E-state index contributed by atoms with van der Waals surface area (Å²) < 4.78 is 5.39. The highest BCUT2D eigenvalue weighted by Gasteiger charge is 2.30. The molecule has 2 N–H and O–H groups in total. The maximum Gasteiger partial charge on any atom is 0.317 e. The molecule has 6 heteroatoms. The lowest BCUT2D eigenvalue weighted by atomic mass is 9.96. The highest BCUT2D eigenvalue weighted by Crippen LogP contribution is 2.19. The molecule has 1 heterocycles. The Morgan fingerprint density at radius 1 is 1.45 bits per heavy atom. The van der Waals surface area contributed by atoms with Crippen LogP contribution >= 0.6 is 0 Å². The molecule has 0 aromatic carbocycles. The van der Waals surface area contributed by atoms with Crippen LogP contribution in [0.25, 0.3) is 0 Å². The molecule has 0 saturated carbocycles. The lowest BCUT2D eigenvalue weighted by Gasteiger charge is -2.37. The minimum absolute atomic E-state index is 0.0477. The molecule has 0 radical (unpaired) electrons. The predicted molar refractivity (Wildman–Crippen MR) is 75.6 cm³/mol. The fourth-order valence-corrected chi connectivity index (χ4v) is 2.42. The number of carbonyl (C=O) groups is 2. The maximum atomic E-state index is 12.2. The minimum Gasteiger partial charge on any atom is -0.481 e. The number of ether oxygens (including phenoxy) is 1. The van der Waals surface area contributed by atoms with Gasteiger partial charge in [0.05, 0.1) is 12.5 Å². The molecule has 0 spiro atoms. The first-order valence-corrected chi connectivity index (χ1v) is 7.15. The number of aliphatic carboxylic acids is 1. The van der Waals surface area contributed by atoms with Crippen molar-refractivity contribution in [3.63, 3.8) is 0 Å². The van der Waals surface area contributed by atoms with Gasteiger partial charge in [0.2, 0.25) is 0 Å². The molecule has 2 amide bonds. The van der Waals surface area contributed by atoms with Gasteiger partial charge in [0.15, 0.2) is 0 Å². The van der Waals surface area contributed by atoms with Crippen molar-refractivity contribution >= 4 is 12.0 Å². The fraction of sp³-hybridized carbons (Fsp3) is 0.857. The number of nitrogens with zero attached hydrogens (tertiary/aromatic N) is 1. The zero-order valence-electron chi connectivity index (χ0n) is 12.8. The number of nitrogens with one attached hydrogen (secondary N) is 1. The largest absolute Gasteiger partial charge is 0.481 e. The van der Waals surface area contributed by atoms with Gasteiger partial charge >= 0.3 is 12.0 Å². The van der Waals surface area contributed by atoms with Crippen LogP contribution in [0.5, 0.6) is 0 Å². The maximum absolute atomic E-state index is 12.2. The first kappa shape index (κ1) is 16.8. The SMILES string of the molecule is COC1CN(C(=O)NC(CC(=O)O)C(C)C)CCC1C. The van der Waals surface area contributed by atoms with E-state index in [1.807, 2.05) is 13.8 Å². The molecule has 3 atom stereocenters. The fourth-order valence-electron chi connectivity index (χ4n) is 2.42. The van der Waals surface area contributed by atoms with Gasteiger partial charge in [0.1, 0.15) is 0 Å². The van der Waals surface area contributed by atoms with Gasteiger partial charge in [-0.2, -0.15) is 0 Å². The molecule has 0 bridgehead atoms. The number of hydrogen-bond donors (Lipinski definition) is 2. The van der Waals surface area contributed by atoms with Crippen molar-refractivity contribution in [1.82, 2.24) is 10.2 Å². The van der Waals surface area contributed by atoms with Crippen LogP contribution in [-0.2, 0) is 9.53 Å². The Bertz CT molecular complexity index is 346. The third kappa shape index (κ3) is 4.67. The van der Waals surface area contributed by atoms with Crippen molar-refractivity contribution in [2.24, 2.45) is 11.8 Å². The van der Waals surface area contributed by atoms with Crippen molar-refractivity contribution < 1.29 is 19.4 Å². The molecule has 6 nitrogen and oxygen atoms in total. The molecule has 116 valence electrons. The first-order valence-electron chi connectivity index (χ1n) is 7.15. The summed E-state index contributed by atoms with van der Waals surface area (Å²) in [4.78, 5) is 24.8. The second kappa shape index (κ2) is 7.47. The van der Waals surface area contributed by atoms with Crippen LogP contribution < -0.4 is 5.32 Å². The molecular formula is C14H26N2O4. The van der Waals surface area contributed by atoms with Crippen LogP contribution in [0.3, 0.4) is 0 Å². The van der Waals surface area contributed by atoms with Gasteiger partial charge < -0.3 is 20.1 Å². The summed E-state index contributed by atoms with van der Waals surface area (Å²) in [7, 11) is 1.66. The van der Waals surface area contributed by atoms with Gasteiger partial charge in [-0.25, -0.2) is 4.79 Å². The molecule has 1 aliphatic heterocycles. The molecule has 1 saturated heterocycles. The van der Waals surface area contributed by atoms with Crippen LogP contribution in [0, 0.1) is 11.8 Å². The number of carboxylic acids is 1. The Labute approximate surface area is 120 Å². The number of amides is 2. The highest BCUT2D eigenvalue weighted by molar-refractivity contribution is 5.76. The Hall–Kier alpha value is -1.30. The predicted octanol–water partition coefficient (Wildman–Crippen LogP) is 1.55. The lowest BCUT2D eigenvalue weighted by molar-refractivity contribution is -0.137. The lowest BCUT2D eigenvalue weighted by Crippen LogP contribution is -2.53. The summed E-state index contributed by atoms with van der Waals surface area (Å²) in [6, 6.07) is -0.542. The van der Waals surface area contributed by atoms with Crippen molar-refractivity contribution in [2.45, 2.75) is 45.8 Å². The summed E-state index contributed by atoms with van der Waals surface area (Å²) in [5.41, 5.74) is 0. The van der Waals surface area contributed by atoms with Crippen molar-refractivity contribution in [3.8, 4) is 0 Å². The number of hydrogen-bond acceptors (Lipinski definition) is 3. The summed E-state index contributed by atoms with van der Waals surface area (Å²) in [6.45, 7) is 7.17. The van der Waals surface area contributed by atoms with Crippen molar-refractivity contribution in [2.75, 3.05) is 20.2 Å². The molecule has 3 unspecified atom stereocenters. The Balaban J connectivity index is 2.58. The number of likely N-dealkylation sites (tertiary alicyclic amines) is 1. The monoisotopic (exact) mass is 286 g/mol. The zero-order chi connectivity index (χ0) is 15.3. The minimum atomic E-state index is -0.897. The normalized spacial score (nSPS) is 24.6. The average Bonchev–Trinajstić information content (AvgIpc) is 2.37. The Morgan fingerprint density at radius 2 is 2.10 bits per heavy atom. The van der Waals surface area contributed by atoms with Gasteiger partial charge in [-0.15, -0.1) is 0 Å². The summed E-state index contributed by atoms with van der Waals surface area (Å²) in [6.07, 6.45) is 0.893. The van der Waals surface area contributed by atoms with Crippen LogP contribution in [0.15, 0.2) is 0 Å². The molecule has 0 aromatic rings. The second-order valence-electron chi connectivity index (χ2n) is 5.88. The summed E-state index contributed by atoms with van der Waals surface area (Å²) in [5, 5.41) is 11.7. The zero-order valence-corrected chi connectivity index (χ0v) is 12.8. The van der Waals surface area contributed by atoms with Crippen LogP contribution in [0.2, 0.25) is 0 Å². The van der Waals surface area contributed by atoms with E-state index in [1.54, 1.807) is 12.0 Å². The molecule has 1 rings (SSSR count). The number of carboxylic acid groups (broad SMARTS) is 1. The Morgan fingerprint density at radius 3 is 2.60 bits per heavy atom. The van der Waals surface area contributed by atoms with E-state index in [2.05, 4.69) is 12.2 Å². The molecule has 20 heavy (non-hydrogen) atoms. The quantitative estimate of drug-likeness (QED) is 0.803. The third-order valence-corrected chi connectivity index (χ3v) is 3.99. The number of methoxy groups -OCH3 is 1. The second-order valence-corrected chi connectivity index (χ2v) is 5.88. The average molecular weight is 286 g/mol. The molecule has 0 aromatic heterocycles. The van der Waals surface area contributed by atoms with Gasteiger partial charge in [-0.3, -0.25) is 4.79 Å². The van der Waals surface area contributed by atoms with Gasteiger partial charge in [-0.05, 0) is 18.3 Å². The first-order chi connectivity index (χ1) is 9.35. The van der Waals surface area contributed by atoms with Crippen molar-refractivity contribution in [1.29, 1.82) is 0 Å². The molecule has 1 fully saturated rings. The Kier molecular flexibility index (Phi) is 6.26. The number of urea groups is 1. The topological polar surface area (TPSA) is 78.9 Å².